The van der Waals surface area contributed by atoms with Gasteiger partial charge in [-0.05, 0) is 36.1 Å². The number of hydrogen-bond donors (Lipinski definition) is 1. The summed E-state index contributed by atoms with van der Waals surface area (Å²) in [6.45, 7) is 6.86. The molecule has 0 amide bonds. The van der Waals surface area contributed by atoms with E-state index in [2.05, 4.69) is 4.72 Å². The maximum Gasteiger partial charge on any atom is 0.262 e. The fourth-order valence-electron chi connectivity index (χ4n) is 2.70. The Morgan fingerprint density at radius 2 is 1.75 bits per heavy atom. The Morgan fingerprint density at radius 1 is 1.04 bits per heavy atom. The molecule has 1 heterocycles. The summed E-state index contributed by atoms with van der Waals surface area (Å²) in [5.74, 6) is 1.24. The number of aryl methyl sites for hydroxylation is 1. The molecule has 0 bridgehead atoms. The summed E-state index contributed by atoms with van der Waals surface area (Å²) in [6.07, 6.45) is 0. The molecule has 6 heteroatoms. The second-order valence-corrected chi connectivity index (χ2v) is 7.79. The molecule has 5 nitrogen and oxygen atoms in total. The van der Waals surface area contributed by atoms with E-state index in [4.69, 9.17) is 9.47 Å². The number of rotatable bonds is 4. The number of benzene rings is 2. The van der Waals surface area contributed by atoms with E-state index in [1.165, 1.54) is 12.1 Å². The molecule has 2 aromatic rings. The average Bonchev–Trinajstić information content (AvgIpc) is 2.56. The maximum atomic E-state index is 12.8. The highest BCUT2D eigenvalue weighted by Crippen LogP contribution is 2.34. The molecule has 0 spiro atoms. The monoisotopic (exact) mass is 347 g/mol. The zero-order valence-corrected chi connectivity index (χ0v) is 14.8. The summed E-state index contributed by atoms with van der Waals surface area (Å²) in [5, 5.41) is 0. The Bertz CT molecular complexity index is 859. The van der Waals surface area contributed by atoms with Gasteiger partial charge in [0.15, 0.2) is 11.5 Å². The van der Waals surface area contributed by atoms with Crippen molar-refractivity contribution in [3.63, 3.8) is 0 Å². The predicted molar refractivity (Wildman–Crippen MR) is 93.5 cm³/mol. The zero-order valence-electron chi connectivity index (χ0n) is 14.0. The number of fused-ring (bicyclic) bond motifs is 1. The first-order valence-electron chi connectivity index (χ1n) is 7.90. The molecule has 1 N–H and O–H groups in total. The lowest BCUT2D eigenvalue weighted by Gasteiger charge is -2.20. The largest absolute Gasteiger partial charge is 0.486 e. The van der Waals surface area contributed by atoms with Gasteiger partial charge in [0, 0.05) is 6.07 Å². The van der Waals surface area contributed by atoms with Gasteiger partial charge >= 0.3 is 0 Å². The Labute approximate surface area is 142 Å². The van der Waals surface area contributed by atoms with Crippen molar-refractivity contribution in [3.8, 4) is 11.5 Å². The van der Waals surface area contributed by atoms with Crippen molar-refractivity contribution in [3.05, 3.63) is 47.5 Å². The molecule has 0 radical (unpaired) electrons. The van der Waals surface area contributed by atoms with Crippen LogP contribution in [0.1, 0.15) is 30.9 Å². The molecule has 1 aliphatic rings. The fourth-order valence-corrected chi connectivity index (χ4v) is 3.87. The van der Waals surface area contributed by atoms with Crippen molar-refractivity contribution in [2.45, 2.75) is 31.6 Å². The summed E-state index contributed by atoms with van der Waals surface area (Å²) in [6, 6.07) is 10.4. The van der Waals surface area contributed by atoms with Gasteiger partial charge in [-0.2, -0.15) is 0 Å². The van der Waals surface area contributed by atoms with Crippen molar-refractivity contribution in [1.82, 2.24) is 0 Å². The first-order chi connectivity index (χ1) is 11.4. The minimum atomic E-state index is -3.71. The van der Waals surface area contributed by atoms with E-state index < -0.39 is 10.0 Å². The number of sulfonamides is 1. The van der Waals surface area contributed by atoms with Crippen LogP contribution in [0.15, 0.2) is 41.3 Å². The van der Waals surface area contributed by atoms with E-state index in [0.29, 0.717) is 30.4 Å². The molecule has 3 rings (SSSR count). The number of anilines is 1. The second-order valence-electron chi connectivity index (χ2n) is 6.10. The van der Waals surface area contributed by atoms with Crippen LogP contribution in [0, 0.1) is 6.92 Å². The van der Waals surface area contributed by atoms with Gasteiger partial charge < -0.3 is 9.47 Å². The lowest BCUT2D eigenvalue weighted by molar-refractivity contribution is 0.171. The van der Waals surface area contributed by atoms with Crippen LogP contribution in [0.25, 0.3) is 0 Å². The smallest absolute Gasteiger partial charge is 0.262 e. The molecule has 1 aliphatic heterocycles. The highest BCUT2D eigenvalue weighted by Gasteiger charge is 2.21. The van der Waals surface area contributed by atoms with Crippen LogP contribution in [-0.2, 0) is 10.0 Å². The third kappa shape index (κ3) is 3.19. The zero-order chi connectivity index (χ0) is 17.3. The van der Waals surface area contributed by atoms with Gasteiger partial charge in [-0.3, -0.25) is 4.72 Å². The van der Waals surface area contributed by atoms with Gasteiger partial charge in [0.25, 0.3) is 10.0 Å². The molecule has 0 unspecified atom stereocenters. The van der Waals surface area contributed by atoms with Gasteiger partial charge in [0.1, 0.15) is 13.2 Å². The van der Waals surface area contributed by atoms with Crippen molar-refractivity contribution in [1.29, 1.82) is 0 Å². The summed E-state index contributed by atoms with van der Waals surface area (Å²) in [5.41, 5.74) is 2.50. The van der Waals surface area contributed by atoms with Crippen LogP contribution in [-0.4, -0.2) is 21.6 Å². The minimum Gasteiger partial charge on any atom is -0.486 e. The predicted octanol–water partition coefficient (Wildman–Crippen LogP) is 3.69. The Kier molecular flexibility index (Phi) is 4.41. The molecule has 0 atom stereocenters. The van der Waals surface area contributed by atoms with Gasteiger partial charge in [0.05, 0.1) is 10.6 Å². The number of nitrogens with one attached hydrogen (secondary N) is 1. The molecule has 2 aromatic carbocycles. The normalized spacial score (nSPS) is 13.8. The molecule has 0 aromatic heterocycles. The van der Waals surface area contributed by atoms with Crippen molar-refractivity contribution < 1.29 is 17.9 Å². The molecule has 0 aliphatic carbocycles. The van der Waals surface area contributed by atoms with Crippen molar-refractivity contribution in [2.75, 3.05) is 17.9 Å². The first-order valence-corrected chi connectivity index (χ1v) is 9.39. The van der Waals surface area contributed by atoms with Crippen LogP contribution in [0.2, 0.25) is 0 Å². The van der Waals surface area contributed by atoms with Crippen LogP contribution in [0.5, 0.6) is 11.5 Å². The summed E-state index contributed by atoms with van der Waals surface area (Å²) < 4.78 is 39.3. The van der Waals surface area contributed by atoms with Crippen LogP contribution < -0.4 is 14.2 Å². The van der Waals surface area contributed by atoms with E-state index in [1.807, 2.05) is 39.0 Å². The maximum absolute atomic E-state index is 12.8. The molecule has 0 fully saturated rings. The molecule has 0 saturated carbocycles. The van der Waals surface area contributed by atoms with Gasteiger partial charge in [-0.1, -0.05) is 32.0 Å². The van der Waals surface area contributed by atoms with Gasteiger partial charge in [0.2, 0.25) is 0 Å². The van der Waals surface area contributed by atoms with Crippen molar-refractivity contribution in [2.24, 2.45) is 0 Å². The van der Waals surface area contributed by atoms with Crippen LogP contribution >= 0.6 is 0 Å². The summed E-state index contributed by atoms with van der Waals surface area (Å²) in [7, 11) is -3.71. The highest BCUT2D eigenvalue weighted by atomic mass is 32.2. The summed E-state index contributed by atoms with van der Waals surface area (Å²) >= 11 is 0. The van der Waals surface area contributed by atoms with E-state index >= 15 is 0 Å². The molecular weight excluding hydrogens is 326 g/mol. The van der Waals surface area contributed by atoms with E-state index in [-0.39, 0.29) is 10.8 Å². The lowest BCUT2D eigenvalue weighted by atomic mass is 9.99. The standard InChI is InChI=1S/C18H21NO4S/c1-12(2)15-6-4-5-13(3)18(15)19-24(20,21)14-7-8-16-17(11-14)23-10-9-22-16/h4-8,11-12,19H,9-10H2,1-3H3. The quantitative estimate of drug-likeness (QED) is 0.916. The highest BCUT2D eigenvalue weighted by molar-refractivity contribution is 7.92. The number of ether oxygens (including phenoxy) is 2. The number of hydrogen-bond acceptors (Lipinski definition) is 4. The Hall–Kier alpha value is -2.21. The third-order valence-corrected chi connectivity index (χ3v) is 5.33. The third-order valence-electron chi connectivity index (χ3n) is 3.99. The Morgan fingerprint density at radius 3 is 2.46 bits per heavy atom. The second kappa shape index (κ2) is 6.36. The van der Waals surface area contributed by atoms with Crippen LogP contribution in [0.4, 0.5) is 5.69 Å². The first kappa shape index (κ1) is 16.6. The topological polar surface area (TPSA) is 64.6 Å². The van der Waals surface area contributed by atoms with E-state index in [9.17, 15) is 8.42 Å². The van der Waals surface area contributed by atoms with Gasteiger partial charge in [-0.25, -0.2) is 8.42 Å². The molecule has 128 valence electrons. The average molecular weight is 347 g/mol. The summed E-state index contributed by atoms with van der Waals surface area (Å²) in [4.78, 5) is 0.157. The number of para-hydroxylation sites is 1. The van der Waals surface area contributed by atoms with E-state index in [1.54, 1.807) is 6.07 Å². The minimum absolute atomic E-state index is 0.157. The van der Waals surface area contributed by atoms with Crippen molar-refractivity contribution >= 4 is 15.7 Å². The SMILES string of the molecule is Cc1cccc(C(C)C)c1NS(=O)(=O)c1ccc2c(c1)OCCO2. The lowest BCUT2D eigenvalue weighted by Crippen LogP contribution is -2.18. The van der Waals surface area contributed by atoms with Gasteiger partial charge in [-0.15, -0.1) is 0 Å². The fraction of sp³-hybridized carbons (Fsp3) is 0.333. The Balaban J connectivity index is 1.98. The molecular formula is C18H21NO4S. The molecule has 24 heavy (non-hydrogen) atoms. The van der Waals surface area contributed by atoms with Crippen LogP contribution in [0.3, 0.4) is 0 Å². The van der Waals surface area contributed by atoms with E-state index in [0.717, 1.165) is 11.1 Å². The molecule has 0 saturated heterocycles.